The average molecular weight is 166 g/mol. The summed E-state index contributed by atoms with van der Waals surface area (Å²) in [5.41, 5.74) is -0.0804. The summed E-state index contributed by atoms with van der Waals surface area (Å²) in [6.07, 6.45) is 3.88. The molecule has 3 aliphatic rings. The largest absolute Gasteiger partial charge is 0.465 e. The summed E-state index contributed by atoms with van der Waals surface area (Å²) in [4.78, 5) is 11.5. The van der Waals surface area contributed by atoms with E-state index in [0.717, 1.165) is 5.92 Å². The summed E-state index contributed by atoms with van der Waals surface area (Å²) >= 11 is 0. The third-order valence-corrected chi connectivity index (χ3v) is 4.49. The van der Waals surface area contributed by atoms with Gasteiger partial charge in [-0.15, -0.1) is 0 Å². The van der Waals surface area contributed by atoms with Crippen LogP contribution >= 0.6 is 0 Å². The highest BCUT2D eigenvalue weighted by molar-refractivity contribution is 5.80. The predicted molar refractivity (Wildman–Crippen MR) is 43.4 cm³/mol. The minimum absolute atomic E-state index is 0.0804. The average Bonchev–Trinajstić information content (AvgIpc) is 2.65. The van der Waals surface area contributed by atoms with Crippen LogP contribution in [-0.2, 0) is 9.53 Å². The molecule has 3 rings (SSSR count). The van der Waals surface area contributed by atoms with E-state index in [1.54, 1.807) is 0 Å². The molecular weight excluding hydrogens is 152 g/mol. The van der Waals surface area contributed by atoms with Gasteiger partial charge < -0.3 is 4.74 Å². The Bertz CT molecular complexity index is 248. The number of hydrogen-bond donors (Lipinski definition) is 0. The Labute approximate surface area is 72.3 Å². The summed E-state index contributed by atoms with van der Waals surface area (Å²) in [7, 11) is 0. The van der Waals surface area contributed by atoms with Crippen molar-refractivity contribution in [1.29, 1.82) is 0 Å². The molecule has 2 heteroatoms. The predicted octanol–water partition coefficient (Wildman–Crippen LogP) is 1.60. The van der Waals surface area contributed by atoms with Gasteiger partial charge in [-0.2, -0.15) is 0 Å². The monoisotopic (exact) mass is 166 g/mol. The number of rotatable bonds is 0. The van der Waals surface area contributed by atoms with Crippen molar-refractivity contribution < 1.29 is 9.53 Å². The molecule has 2 nitrogen and oxygen atoms in total. The van der Waals surface area contributed by atoms with Crippen LogP contribution in [0.1, 0.15) is 26.2 Å². The van der Waals surface area contributed by atoms with Crippen molar-refractivity contribution >= 4 is 5.97 Å². The van der Waals surface area contributed by atoms with Crippen LogP contribution < -0.4 is 0 Å². The van der Waals surface area contributed by atoms with Crippen molar-refractivity contribution in [2.75, 3.05) is 6.61 Å². The molecule has 1 aliphatic heterocycles. The van der Waals surface area contributed by atoms with E-state index in [2.05, 4.69) is 6.92 Å². The highest BCUT2D eigenvalue weighted by Gasteiger charge is 2.63. The van der Waals surface area contributed by atoms with E-state index in [1.165, 1.54) is 19.3 Å². The number of ether oxygens (including phenoxy) is 1. The van der Waals surface area contributed by atoms with Crippen LogP contribution in [0.25, 0.3) is 0 Å². The maximum absolute atomic E-state index is 11.5. The van der Waals surface area contributed by atoms with Crippen molar-refractivity contribution in [1.82, 2.24) is 0 Å². The zero-order valence-corrected chi connectivity index (χ0v) is 7.38. The molecule has 2 aliphatic carbocycles. The van der Waals surface area contributed by atoms with Crippen LogP contribution in [0.5, 0.6) is 0 Å². The third kappa shape index (κ3) is 0.540. The standard InChI is InChI=1S/C10H14O2/c1-10-7-3-2-6(4-7)8(10)5-12-9(10)11/h6-8H,2-5H2,1H3/t6-,7-,8-,10-/m0/s1. The Morgan fingerprint density at radius 2 is 2.33 bits per heavy atom. The minimum atomic E-state index is -0.0804. The Morgan fingerprint density at radius 3 is 3.08 bits per heavy atom. The second-order valence-corrected chi connectivity index (χ2v) is 4.76. The zero-order chi connectivity index (χ0) is 8.34. The summed E-state index contributed by atoms with van der Waals surface area (Å²) in [6, 6.07) is 0. The zero-order valence-electron chi connectivity index (χ0n) is 7.38. The summed E-state index contributed by atoms with van der Waals surface area (Å²) in [6.45, 7) is 2.83. The van der Waals surface area contributed by atoms with E-state index >= 15 is 0 Å². The second-order valence-electron chi connectivity index (χ2n) is 4.76. The molecule has 3 fully saturated rings. The number of cyclic esters (lactones) is 1. The molecule has 0 radical (unpaired) electrons. The van der Waals surface area contributed by atoms with Gasteiger partial charge in [0, 0.05) is 5.92 Å². The highest BCUT2D eigenvalue weighted by Crippen LogP contribution is 2.62. The van der Waals surface area contributed by atoms with Gasteiger partial charge in [-0.3, -0.25) is 4.79 Å². The van der Waals surface area contributed by atoms with Crippen LogP contribution in [0.4, 0.5) is 0 Å². The van der Waals surface area contributed by atoms with E-state index in [4.69, 9.17) is 4.74 Å². The molecule has 0 amide bonds. The fourth-order valence-corrected chi connectivity index (χ4v) is 3.67. The van der Waals surface area contributed by atoms with Gasteiger partial charge in [-0.05, 0) is 38.0 Å². The smallest absolute Gasteiger partial charge is 0.312 e. The van der Waals surface area contributed by atoms with Crippen molar-refractivity contribution in [3.05, 3.63) is 0 Å². The van der Waals surface area contributed by atoms with E-state index in [1.807, 2.05) is 0 Å². The van der Waals surface area contributed by atoms with E-state index in [9.17, 15) is 4.79 Å². The third-order valence-electron chi connectivity index (χ3n) is 4.49. The summed E-state index contributed by atoms with van der Waals surface area (Å²) < 4.78 is 5.16. The van der Waals surface area contributed by atoms with Crippen LogP contribution in [0.3, 0.4) is 0 Å². The molecule has 0 aromatic carbocycles. The Hall–Kier alpha value is -0.530. The lowest BCUT2D eigenvalue weighted by Crippen LogP contribution is -2.35. The van der Waals surface area contributed by atoms with E-state index < -0.39 is 0 Å². The summed E-state index contributed by atoms with van der Waals surface area (Å²) in [5.74, 6) is 2.08. The van der Waals surface area contributed by atoms with Crippen molar-refractivity contribution in [2.24, 2.45) is 23.2 Å². The quantitative estimate of drug-likeness (QED) is 0.511. The first-order valence-electron chi connectivity index (χ1n) is 4.90. The molecule has 0 aromatic heterocycles. The molecule has 0 unspecified atom stereocenters. The van der Waals surface area contributed by atoms with Gasteiger partial charge in [0.1, 0.15) is 0 Å². The van der Waals surface area contributed by atoms with E-state index in [-0.39, 0.29) is 11.4 Å². The van der Waals surface area contributed by atoms with Crippen LogP contribution in [0.2, 0.25) is 0 Å². The van der Waals surface area contributed by atoms with Gasteiger partial charge >= 0.3 is 5.97 Å². The number of carbonyl (C=O) groups excluding carboxylic acids is 1. The van der Waals surface area contributed by atoms with Gasteiger partial charge in [0.05, 0.1) is 12.0 Å². The van der Waals surface area contributed by atoms with Gasteiger partial charge in [-0.1, -0.05) is 0 Å². The minimum Gasteiger partial charge on any atom is -0.465 e. The van der Waals surface area contributed by atoms with Gasteiger partial charge in [0.15, 0.2) is 0 Å². The Morgan fingerprint density at radius 1 is 1.50 bits per heavy atom. The Kier molecular flexibility index (Phi) is 1.07. The van der Waals surface area contributed by atoms with E-state index in [0.29, 0.717) is 18.4 Å². The first kappa shape index (κ1) is 6.93. The number of hydrogen-bond acceptors (Lipinski definition) is 2. The molecule has 4 atom stereocenters. The molecule has 66 valence electrons. The van der Waals surface area contributed by atoms with Crippen LogP contribution in [0.15, 0.2) is 0 Å². The molecule has 2 saturated carbocycles. The van der Waals surface area contributed by atoms with Gasteiger partial charge in [-0.25, -0.2) is 0 Å². The molecule has 2 bridgehead atoms. The van der Waals surface area contributed by atoms with Crippen molar-refractivity contribution in [3.63, 3.8) is 0 Å². The van der Waals surface area contributed by atoms with Gasteiger partial charge in [0.2, 0.25) is 0 Å². The molecule has 1 saturated heterocycles. The lowest BCUT2D eigenvalue weighted by Gasteiger charge is -2.30. The Balaban J connectivity index is 2.06. The lowest BCUT2D eigenvalue weighted by molar-refractivity contribution is -0.147. The van der Waals surface area contributed by atoms with Crippen LogP contribution in [0, 0.1) is 23.2 Å². The first-order chi connectivity index (χ1) is 5.73. The lowest BCUT2D eigenvalue weighted by atomic mass is 9.69. The fraction of sp³-hybridized carbons (Fsp3) is 0.900. The second kappa shape index (κ2) is 1.86. The SMILES string of the molecule is C[C@@]12C(=O)OC[C@H]1[C@H]1CC[C@H]2C1. The molecule has 0 aromatic rings. The number of fused-ring (bicyclic) bond motifs is 5. The molecule has 1 heterocycles. The normalized spacial score (nSPS) is 55.8. The highest BCUT2D eigenvalue weighted by atomic mass is 16.5. The number of carbonyl (C=O) groups is 1. The fourth-order valence-electron chi connectivity index (χ4n) is 3.67. The topological polar surface area (TPSA) is 26.3 Å². The summed E-state index contributed by atoms with van der Waals surface area (Å²) in [5, 5.41) is 0. The van der Waals surface area contributed by atoms with Crippen molar-refractivity contribution in [2.45, 2.75) is 26.2 Å². The number of esters is 1. The maximum Gasteiger partial charge on any atom is 0.312 e. The first-order valence-corrected chi connectivity index (χ1v) is 4.90. The molecule has 0 N–H and O–H groups in total. The maximum atomic E-state index is 11.5. The molecule has 0 spiro atoms. The molecular formula is C10H14O2. The van der Waals surface area contributed by atoms with Gasteiger partial charge in [0.25, 0.3) is 0 Å². The van der Waals surface area contributed by atoms with Crippen LogP contribution in [-0.4, -0.2) is 12.6 Å². The van der Waals surface area contributed by atoms with Crippen molar-refractivity contribution in [3.8, 4) is 0 Å². The molecule has 12 heavy (non-hydrogen) atoms.